The smallest absolute Gasteiger partial charge is 0.310 e. The summed E-state index contributed by atoms with van der Waals surface area (Å²) in [5.41, 5.74) is 0.518. The van der Waals surface area contributed by atoms with Gasteiger partial charge in [-0.1, -0.05) is 13.0 Å². The fourth-order valence-corrected chi connectivity index (χ4v) is 4.48. The van der Waals surface area contributed by atoms with Gasteiger partial charge in [0.2, 0.25) is 0 Å². The van der Waals surface area contributed by atoms with Crippen LogP contribution in [-0.2, 0) is 11.2 Å². The van der Waals surface area contributed by atoms with Gasteiger partial charge in [-0.25, -0.2) is 4.79 Å². The number of carbonyl (C=O) groups excluding carboxylic acids is 2. The van der Waals surface area contributed by atoms with Crippen molar-refractivity contribution in [2.24, 2.45) is 0 Å². The van der Waals surface area contributed by atoms with Crippen LogP contribution in [-0.4, -0.2) is 69.4 Å². The van der Waals surface area contributed by atoms with Crippen LogP contribution in [0.5, 0.6) is 0 Å². The monoisotopic (exact) mass is 372 g/mol. The highest BCUT2D eigenvalue weighted by Crippen LogP contribution is 2.37. The number of aromatic nitrogens is 1. The van der Waals surface area contributed by atoms with Crippen molar-refractivity contribution in [3.63, 3.8) is 0 Å². The summed E-state index contributed by atoms with van der Waals surface area (Å²) in [4.78, 5) is 36.1. The Bertz CT molecular complexity index is 655. The number of likely N-dealkylation sites (tertiary alicyclic amines) is 1. The Kier molecular flexibility index (Phi) is 6.15. The van der Waals surface area contributed by atoms with Crippen molar-refractivity contribution in [2.45, 2.75) is 64.5 Å². The van der Waals surface area contributed by atoms with Crippen molar-refractivity contribution < 1.29 is 9.59 Å². The highest BCUT2D eigenvalue weighted by Gasteiger charge is 2.57. The minimum absolute atomic E-state index is 0.0179. The van der Waals surface area contributed by atoms with E-state index in [-0.39, 0.29) is 11.9 Å². The van der Waals surface area contributed by atoms with E-state index in [1.807, 2.05) is 30.2 Å². The third-order valence-electron chi connectivity index (χ3n) is 6.35. The average molecular weight is 373 g/mol. The largest absolute Gasteiger partial charge is 0.327 e. The number of carbonyl (C=O) groups is 2. The molecule has 1 unspecified atom stereocenters. The van der Waals surface area contributed by atoms with E-state index in [9.17, 15) is 9.59 Å². The maximum atomic E-state index is 13.3. The Labute approximate surface area is 162 Å². The predicted octanol–water partition coefficient (Wildman–Crippen LogP) is 2.93. The maximum absolute atomic E-state index is 13.3. The second kappa shape index (κ2) is 8.38. The van der Waals surface area contributed by atoms with Crippen LogP contribution in [0.3, 0.4) is 0 Å². The number of amides is 3. The van der Waals surface area contributed by atoms with Crippen molar-refractivity contribution >= 4 is 11.9 Å². The molecule has 27 heavy (non-hydrogen) atoms. The van der Waals surface area contributed by atoms with Gasteiger partial charge in [0.05, 0.1) is 0 Å². The van der Waals surface area contributed by atoms with Gasteiger partial charge >= 0.3 is 6.03 Å². The van der Waals surface area contributed by atoms with Crippen molar-refractivity contribution in [1.29, 1.82) is 0 Å². The minimum Gasteiger partial charge on any atom is -0.310 e. The molecule has 6 nitrogen and oxygen atoms in total. The molecule has 2 saturated heterocycles. The fraction of sp³-hybridized carbons (Fsp3) is 0.667. The predicted molar refractivity (Wildman–Crippen MR) is 105 cm³/mol. The number of nitrogens with zero attached hydrogens (tertiary/aromatic N) is 4. The number of urea groups is 1. The molecule has 0 bridgehead atoms. The van der Waals surface area contributed by atoms with Gasteiger partial charge in [-0.05, 0) is 57.6 Å². The van der Waals surface area contributed by atoms with Crippen LogP contribution < -0.4 is 0 Å². The molecule has 0 radical (unpaired) electrons. The van der Waals surface area contributed by atoms with Crippen LogP contribution in [0, 0.1) is 0 Å². The second-order valence-corrected chi connectivity index (χ2v) is 7.77. The lowest BCUT2D eigenvalue weighted by molar-refractivity contribution is -0.136. The van der Waals surface area contributed by atoms with Gasteiger partial charge in [-0.2, -0.15) is 0 Å². The minimum atomic E-state index is -0.621. The summed E-state index contributed by atoms with van der Waals surface area (Å²) in [5.74, 6) is 0.0179. The van der Waals surface area contributed by atoms with E-state index in [1.54, 1.807) is 6.20 Å². The molecule has 1 aromatic rings. The van der Waals surface area contributed by atoms with Gasteiger partial charge in [-0.15, -0.1) is 0 Å². The van der Waals surface area contributed by atoms with Crippen molar-refractivity contribution in [2.75, 3.05) is 26.2 Å². The molecule has 1 aromatic heterocycles. The zero-order valence-corrected chi connectivity index (χ0v) is 16.9. The third kappa shape index (κ3) is 3.72. The van der Waals surface area contributed by atoms with Crippen LogP contribution in [0.2, 0.25) is 0 Å². The number of piperidine rings is 1. The molecule has 0 N–H and O–H groups in total. The summed E-state index contributed by atoms with van der Waals surface area (Å²) < 4.78 is 0. The molecule has 3 heterocycles. The molecule has 2 aliphatic rings. The normalized spacial score (nSPS) is 21.3. The van der Waals surface area contributed by atoms with Crippen LogP contribution in [0.1, 0.15) is 52.0 Å². The fourth-order valence-electron chi connectivity index (χ4n) is 4.48. The first-order valence-corrected chi connectivity index (χ1v) is 10.3. The standard InChI is InChI=1S/C21H32N4O2/c1-4-17(3)23-14-10-21(11-15-23)19(26)24(20(27)25(21)5-2)13-7-9-18-8-6-12-22-16-18/h6,8,12,16-17H,4-5,7,9-11,13-15H2,1-3H3. The molecule has 3 amide bonds. The Morgan fingerprint density at radius 3 is 2.56 bits per heavy atom. The second-order valence-electron chi connectivity index (χ2n) is 7.77. The topological polar surface area (TPSA) is 56.8 Å². The number of hydrogen-bond acceptors (Lipinski definition) is 4. The zero-order chi connectivity index (χ0) is 19.4. The van der Waals surface area contributed by atoms with Crippen LogP contribution in [0.25, 0.3) is 0 Å². The first-order chi connectivity index (χ1) is 13.0. The lowest BCUT2D eigenvalue weighted by atomic mass is 9.85. The van der Waals surface area contributed by atoms with E-state index >= 15 is 0 Å². The Morgan fingerprint density at radius 1 is 1.22 bits per heavy atom. The summed E-state index contributed by atoms with van der Waals surface area (Å²) in [7, 11) is 0. The number of hydrogen-bond donors (Lipinski definition) is 0. The molecular formula is C21H32N4O2. The van der Waals surface area contributed by atoms with Gasteiger partial charge in [0, 0.05) is 44.6 Å². The van der Waals surface area contributed by atoms with Gasteiger partial charge in [0.1, 0.15) is 5.54 Å². The van der Waals surface area contributed by atoms with Gasteiger partial charge in [-0.3, -0.25) is 14.7 Å². The average Bonchev–Trinajstić information content (AvgIpc) is 2.89. The number of pyridine rings is 1. The molecule has 2 aliphatic heterocycles. The summed E-state index contributed by atoms with van der Waals surface area (Å²) in [6, 6.07) is 4.37. The lowest BCUT2D eigenvalue weighted by Gasteiger charge is -2.43. The van der Waals surface area contributed by atoms with Gasteiger partial charge in [0.15, 0.2) is 0 Å². The maximum Gasteiger partial charge on any atom is 0.327 e. The van der Waals surface area contributed by atoms with Crippen molar-refractivity contribution in [3.8, 4) is 0 Å². The summed E-state index contributed by atoms with van der Waals surface area (Å²) in [6.45, 7) is 9.26. The number of rotatable bonds is 7. The summed E-state index contributed by atoms with van der Waals surface area (Å²) in [6.07, 6.45) is 7.80. The highest BCUT2D eigenvalue weighted by molar-refractivity contribution is 6.07. The van der Waals surface area contributed by atoms with E-state index in [0.717, 1.165) is 50.8 Å². The van der Waals surface area contributed by atoms with Crippen molar-refractivity contribution in [3.05, 3.63) is 30.1 Å². The Morgan fingerprint density at radius 2 is 1.96 bits per heavy atom. The zero-order valence-electron chi connectivity index (χ0n) is 16.9. The summed E-state index contributed by atoms with van der Waals surface area (Å²) in [5, 5.41) is 0. The molecule has 6 heteroatoms. The molecule has 3 rings (SSSR count). The molecule has 1 spiro atoms. The van der Waals surface area contributed by atoms with Crippen LogP contribution >= 0.6 is 0 Å². The summed E-state index contributed by atoms with van der Waals surface area (Å²) >= 11 is 0. The SMILES string of the molecule is CCC(C)N1CCC2(CC1)C(=O)N(CCCc1cccnc1)C(=O)N2CC. The Balaban J connectivity index is 1.66. The van der Waals surface area contributed by atoms with Gasteiger partial charge in [0.25, 0.3) is 5.91 Å². The molecule has 0 aromatic carbocycles. The third-order valence-corrected chi connectivity index (χ3v) is 6.35. The van der Waals surface area contributed by atoms with Crippen LogP contribution in [0.4, 0.5) is 4.79 Å². The van der Waals surface area contributed by atoms with Gasteiger partial charge < -0.3 is 9.80 Å². The number of aryl methyl sites for hydroxylation is 1. The quantitative estimate of drug-likeness (QED) is 0.691. The molecule has 1 atom stereocenters. The first kappa shape index (κ1) is 19.8. The van der Waals surface area contributed by atoms with E-state index in [4.69, 9.17) is 0 Å². The Hall–Kier alpha value is -1.95. The first-order valence-electron chi connectivity index (χ1n) is 10.3. The lowest BCUT2D eigenvalue weighted by Crippen LogP contribution is -2.57. The molecule has 0 saturated carbocycles. The number of imide groups is 1. The van der Waals surface area contributed by atoms with E-state index in [1.165, 1.54) is 4.90 Å². The number of likely N-dealkylation sites (N-methyl/N-ethyl adjacent to an activating group) is 1. The molecule has 2 fully saturated rings. The van der Waals surface area contributed by atoms with E-state index in [2.05, 4.69) is 23.7 Å². The molecule has 0 aliphatic carbocycles. The molecular weight excluding hydrogens is 340 g/mol. The van der Waals surface area contributed by atoms with E-state index < -0.39 is 5.54 Å². The highest BCUT2D eigenvalue weighted by atomic mass is 16.2. The molecule has 148 valence electrons. The van der Waals surface area contributed by atoms with Crippen LogP contribution in [0.15, 0.2) is 24.5 Å². The van der Waals surface area contributed by atoms with E-state index in [0.29, 0.717) is 19.1 Å². The van der Waals surface area contributed by atoms with Crippen molar-refractivity contribution in [1.82, 2.24) is 19.7 Å².